The summed E-state index contributed by atoms with van der Waals surface area (Å²) >= 11 is 0. The smallest absolute Gasteiger partial charge is 0.0697 e. The van der Waals surface area contributed by atoms with Crippen LogP contribution in [0.25, 0.3) is 5.57 Å². The second-order valence-corrected chi connectivity index (χ2v) is 3.82. The number of rotatable bonds is 2. The third-order valence-corrected chi connectivity index (χ3v) is 2.84. The molecule has 0 heterocycles. The van der Waals surface area contributed by atoms with Crippen molar-refractivity contribution in [3.05, 3.63) is 59.7 Å². The van der Waals surface area contributed by atoms with Crippen LogP contribution in [0, 0.1) is 0 Å². The van der Waals surface area contributed by atoms with Crippen molar-refractivity contribution in [3.63, 3.8) is 0 Å². The van der Waals surface area contributed by atoms with Crippen LogP contribution in [0.3, 0.4) is 0 Å². The van der Waals surface area contributed by atoms with E-state index in [4.69, 9.17) is 0 Å². The highest BCUT2D eigenvalue weighted by Crippen LogP contribution is 2.30. The van der Waals surface area contributed by atoms with Gasteiger partial charge >= 0.3 is 0 Å². The van der Waals surface area contributed by atoms with E-state index in [0.717, 1.165) is 12.1 Å². The van der Waals surface area contributed by atoms with Crippen molar-refractivity contribution in [1.82, 2.24) is 0 Å². The standard InChI is InChI=1S/C15H15N/c1-12(13-8-4-3-5-9-13)14-10-6-7-11-15(14)16-2/h3-8,10-11H,2,9H2,1H3/b13-12-. The van der Waals surface area contributed by atoms with Crippen molar-refractivity contribution in [2.24, 2.45) is 4.99 Å². The summed E-state index contributed by atoms with van der Waals surface area (Å²) in [6.07, 6.45) is 9.48. The molecule has 0 aromatic heterocycles. The summed E-state index contributed by atoms with van der Waals surface area (Å²) < 4.78 is 0. The molecular weight excluding hydrogens is 194 g/mol. The zero-order valence-corrected chi connectivity index (χ0v) is 9.48. The number of allylic oxidation sites excluding steroid dienone is 6. The molecule has 0 bridgehead atoms. The summed E-state index contributed by atoms with van der Waals surface area (Å²) in [6, 6.07) is 8.12. The minimum absolute atomic E-state index is 0.954. The van der Waals surface area contributed by atoms with Gasteiger partial charge in [0.1, 0.15) is 0 Å². The minimum Gasteiger partial charge on any atom is -0.264 e. The van der Waals surface area contributed by atoms with E-state index < -0.39 is 0 Å². The highest BCUT2D eigenvalue weighted by Gasteiger charge is 2.06. The molecule has 0 saturated heterocycles. The molecule has 1 aliphatic rings. The quantitative estimate of drug-likeness (QED) is 0.644. The summed E-state index contributed by atoms with van der Waals surface area (Å²) in [7, 11) is 0. The van der Waals surface area contributed by atoms with Gasteiger partial charge in [-0.25, -0.2) is 0 Å². The molecule has 0 fully saturated rings. The summed E-state index contributed by atoms with van der Waals surface area (Å²) in [5, 5.41) is 0. The van der Waals surface area contributed by atoms with Gasteiger partial charge in [-0.15, -0.1) is 0 Å². The normalized spacial score (nSPS) is 17.3. The van der Waals surface area contributed by atoms with Gasteiger partial charge in [-0.2, -0.15) is 0 Å². The Bertz CT molecular complexity index is 490. The van der Waals surface area contributed by atoms with Crippen molar-refractivity contribution in [1.29, 1.82) is 0 Å². The predicted octanol–water partition coefficient (Wildman–Crippen LogP) is 4.31. The SMILES string of the molecule is C=Nc1ccccc1/C(C)=C1/C=CC=CC1. The fourth-order valence-corrected chi connectivity index (χ4v) is 1.89. The molecule has 0 spiro atoms. The van der Waals surface area contributed by atoms with E-state index in [2.05, 4.69) is 49.0 Å². The van der Waals surface area contributed by atoms with Gasteiger partial charge in [-0.1, -0.05) is 42.5 Å². The topological polar surface area (TPSA) is 12.4 Å². The van der Waals surface area contributed by atoms with Crippen LogP contribution in [0.2, 0.25) is 0 Å². The van der Waals surface area contributed by atoms with E-state index in [1.54, 1.807) is 0 Å². The van der Waals surface area contributed by atoms with Gasteiger partial charge in [-0.05, 0) is 37.3 Å². The first-order valence-corrected chi connectivity index (χ1v) is 5.42. The Kier molecular flexibility index (Phi) is 3.16. The molecule has 16 heavy (non-hydrogen) atoms. The molecule has 1 aromatic rings. The van der Waals surface area contributed by atoms with Gasteiger partial charge in [-0.3, -0.25) is 4.99 Å². The molecule has 1 nitrogen and oxygen atoms in total. The maximum Gasteiger partial charge on any atom is 0.0697 e. The number of benzene rings is 1. The zero-order valence-electron chi connectivity index (χ0n) is 9.48. The summed E-state index contributed by atoms with van der Waals surface area (Å²) in [6.45, 7) is 5.76. The van der Waals surface area contributed by atoms with E-state index in [1.807, 2.05) is 18.2 Å². The van der Waals surface area contributed by atoms with E-state index in [-0.39, 0.29) is 0 Å². The average molecular weight is 209 g/mol. The maximum absolute atomic E-state index is 4.06. The first-order chi connectivity index (χ1) is 7.83. The Balaban J connectivity index is 2.48. The Hall–Kier alpha value is -1.89. The molecule has 0 saturated carbocycles. The molecule has 80 valence electrons. The van der Waals surface area contributed by atoms with Crippen molar-refractivity contribution in [2.45, 2.75) is 13.3 Å². The van der Waals surface area contributed by atoms with Gasteiger partial charge in [0.15, 0.2) is 0 Å². The van der Waals surface area contributed by atoms with Crippen LogP contribution in [0.4, 0.5) is 5.69 Å². The van der Waals surface area contributed by atoms with Gasteiger partial charge in [0.25, 0.3) is 0 Å². The van der Waals surface area contributed by atoms with E-state index in [1.165, 1.54) is 16.7 Å². The molecule has 0 amide bonds. The lowest BCUT2D eigenvalue weighted by Gasteiger charge is -2.11. The largest absolute Gasteiger partial charge is 0.264 e. The Morgan fingerprint density at radius 2 is 2.06 bits per heavy atom. The molecule has 1 aliphatic carbocycles. The van der Waals surface area contributed by atoms with E-state index >= 15 is 0 Å². The van der Waals surface area contributed by atoms with Crippen LogP contribution in [-0.2, 0) is 0 Å². The monoisotopic (exact) mass is 209 g/mol. The van der Waals surface area contributed by atoms with Crippen LogP contribution < -0.4 is 0 Å². The van der Waals surface area contributed by atoms with Gasteiger partial charge in [0.05, 0.1) is 5.69 Å². The molecule has 1 aromatic carbocycles. The second kappa shape index (κ2) is 4.75. The molecule has 1 heteroatoms. The summed E-state index contributed by atoms with van der Waals surface area (Å²) in [5.41, 5.74) is 4.75. The molecule has 0 atom stereocenters. The molecule has 2 rings (SSSR count). The zero-order chi connectivity index (χ0) is 11.4. The number of hydrogen-bond donors (Lipinski definition) is 0. The maximum atomic E-state index is 4.06. The van der Waals surface area contributed by atoms with Crippen molar-refractivity contribution in [3.8, 4) is 0 Å². The number of para-hydroxylation sites is 1. The first-order valence-electron chi connectivity index (χ1n) is 5.42. The summed E-state index contributed by atoms with van der Waals surface area (Å²) in [4.78, 5) is 4.06. The average Bonchev–Trinajstić information content (AvgIpc) is 2.39. The van der Waals surface area contributed by atoms with Crippen LogP contribution in [0.15, 0.2) is 59.1 Å². The van der Waals surface area contributed by atoms with E-state index in [0.29, 0.717) is 0 Å². The van der Waals surface area contributed by atoms with E-state index in [9.17, 15) is 0 Å². The van der Waals surface area contributed by atoms with Crippen LogP contribution in [-0.4, -0.2) is 6.72 Å². The Morgan fingerprint density at radius 1 is 1.25 bits per heavy atom. The highest BCUT2D eigenvalue weighted by atomic mass is 14.7. The fourth-order valence-electron chi connectivity index (χ4n) is 1.89. The highest BCUT2D eigenvalue weighted by molar-refractivity contribution is 5.78. The van der Waals surface area contributed by atoms with Crippen molar-refractivity contribution >= 4 is 18.0 Å². The predicted molar refractivity (Wildman–Crippen MR) is 71.1 cm³/mol. The third-order valence-electron chi connectivity index (χ3n) is 2.84. The molecule has 0 unspecified atom stereocenters. The molecular formula is C15H15N. The third kappa shape index (κ3) is 2.03. The fraction of sp³-hybridized carbons (Fsp3) is 0.133. The Morgan fingerprint density at radius 3 is 2.75 bits per heavy atom. The van der Waals surface area contributed by atoms with Gasteiger partial charge < -0.3 is 0 Å². The minimum atomic E-state index is 0.954. The molecule has 0 aliphatic heterocycles. The van der Waals surface area contributed by atoms with Gasteiger partial charge in [0, 0.05) is 5.56 Å². The first kappa shape index (κ1) is 10.6. The van der Waals surface area contributed by atoms with Crippen LogP contribution in [0.1, 0.15) is 18.9 Å². The van der Waals surface area contributed by atoms with Crippen LogP contribution in [0.5, 0.6) is 0 Å². The lowest BCUT2D eigenvalue weighted by molar-refractivity contribution is 1.25. The lowest BCUT2D eigenvalue weighted by atomic mass is 9.96. The summed E-state index contributed by atoms with van der Waals surface area (Å²) in [5.74, 6) is 0. The molecule has 0 N–H and O–H groups in total. The van der Waals surface area contributed by atoms with Gasteiger partial charge in [0.2, 0.25) is 0 Å². The second-order valence-electron chi connectivity index (χ2n) is 3.82. The lowest BCUT2D eigenvalue weighted by Crippen LogP contribution is -1.88. The number of hydrogen-bond acceptors (Lipinski definition) is 1. The number of nitrogens with zero attached hydrogens (tertiary/aromatic N) is 1. The Labute approximate surface area is 96.5 Å². The van der Waals surface area contributed by atoms with Crippen molar-refractivity contribution < 1.29 is 0 Å². The van der Waals surface area contributed by atoms with Crippen LogP contribution >= 0.6 is 0 Å². The van der Waals surface area contributed by atoms with Crippen molar-refractivity contribution in [2.75, 3.05) is 0 Å². The molecule has 0 radical (unpaired) electrons. The number of aliphatic imine (C=N–C) groups is 1.